The van der Waals surface area contributed by atoms with Gasteiger partial charge in [-0.15, -0.1) is 0 Å². The number of allylic oxidation sites excluding steroid dienone is 2. The van der Waals surface area contributed by atoms with Crippen LogP contribution in [0.15, 0.2) is 12.2 Å². The lowest BCUT2D eigenvalue weighted by molar-refractivity contribution is -0.161. The maximum absolute atomic E-state index is 12.2. The van der Waals surface area contributed by atoms with Crippen LogP contribution in [-0.4, -0.2) is 36.4 Å². The topological polar surface area (TPSA) is 72.8 Å². The first-order chi connectivity index (χ1) is 30.6. The summed E-state index contributed by atoms with van der Waals surface area (Å²) in [5.74, 6) is -0.588. The minimum atomic E-state index is -0.769. The molecule has 0 radical (unpaired) electrons. The number of aliphatic hydroxyl groups is 1. The SMILES string of the molecule is CCC/C=C\CCCCCCCC(=O)OC(CO)COC(=O)CCCCCCCCCCCCCCCCCCCCCCCCCCCCCCCCCCCCCCCC. The highest BCUT2D eigenvalue weighted by Gasteiger charge is 2.16. The van der Waals surface area contributed by atoms with Gasteiger partial charge in [0, 0.05) is 12.8 Å². The Morgan fingerprint density at radius 2 is 0.629 bits per heavy atom. The fraction of sp³-hybridized carbons (Fsp3) is 0.930. The van der Waals surface area contributed by atoms with E-state index in [1.807, 2.05) is 0 Å². The van der Waals surface area contributed by atoms with Crippen LogP contribution in [0.25, 0.3) is 0 Å². The largest absolute Gasteiger partial charge is 0.462 e. The average Bonchev–Trinajstić information content (AvgIpc) is 3.28. The van der Waals surface area contributed by atoms with E-state index in [0.29, 0.717) is 12.8 Å². The molecule has 0 saturated carbocycles. The third-order valence-electron chi connectivity index (χ3n) is 13.0. The van der Waals surface area contributed by atoms with E-state index < -0.39 is 6.10 Å². The molecule has 1 atom stereocenters. The molecule has 0 aromatic carbocycles. The van der Waals surface area contributed by atoms with Crippen LogP contribution in [0.1, 0.15) is 322 Å². The molecule has 5 nitrogen and oxygen atoms in total. The Hall–Kier alpha value is -1.36. The quantitative estimate of drug-likeness (QED) is 0.0374. The number of hydrogen-bond donors (Lipinski definition) is 1. The Morgan fingerprint density at radius 3 is 0.935 bits per heavy atom. The van der Waals surface area contributed by atoms with Crippen molar-refractivity contribution in [1.29, 1.82) is 0 Å². The third kappa shape index (κ3) is 51.3. The van der Waals surface area contributed by atoms with Crippen LogP contribution in [0, 0.1) is 0 Å². The van der Waals surface area contributed by atoms with Crippen LogP contribution in [0.2, 0.25) is 0 Å². The molecule has 1 N–H and O–H groups in total. The van der Waals surface area contributed by atoms with Crippen molar-refractivity contribution in [2.45, 2.75) is 328 Å². The number of hydrogen-bond acceptors (Lipinski definition) is 5. The lowest BCUT2D eigenvalue weighted by atomic mass is 10.0. The van der Waals surface area contributed by atoms with E-state index in [1.165, 1.54) is 250 Å². The van der Waals surface area contributed by atoms with Gasteiger partial charge in [-0.3, -0.25) is 9.59 Å². The first-order valence-electron chi connectivity index (χ1n) is 28.2. The normalized spacial score (nSPS) is 12.1. The summed E-state index contributed by atoms with van der Waals surface area (Å²) >= 11 is 0. The summed E-state index contributed by atoms with van der Waals surface area (Å²) in [5.41, 5.74) is 0. The van der Waals surface area contributed by atoms with Crippen molar-refractivity contribution in [2.75, 3.05) is 13.2 Å². The van der Waals surface area contributed by atoms with Crippen molar-refractivity contribution < 1.29 is 24.2 Å². The summed E-state index contributed by atoms with van der Waals surface area (Å²) in [6, 6.07) is 0. The van der Waals surface area contributed by atoms with Crippen LogP contribution in [0.5, 0.6) is 0 Å². The number of rotatable bonds is 53. The zero-order chi connectivity index (χ0) is 44.9. The van der Waals surface area contributed by atoms with Crippen LogP contribution in [-0.2, 0) is 19.1 Å². The second-order valence-corrected chi connectivity index (χ2v) is 19.4. The molecule has 368 valence electrons. The summed E-state index contributed by atoms with van der Waals surface area (Å²) in [5, 5.41) is 9.57. The lowest BCUT2D eigenvalue weighted by Gasteiger charge is -2.15. The van der Waals surface area contributed by atoms with E-state index in [1.54, 1.807) is 0 Å². The van der Waals surface area contributed by atoms with Gasteiger partial charge in [-0.05, 0) is 32.1 Å². The monoisotopic (exact) mass is 875 g/mol. The van der Waals surface area contributed by atoms with Crippen molar-refractivity contribution in [3.8, 4) is 0 Å². The molecule has 0 aliphatic carbocycles. The fourth-order valence-corrected chi connectivity index (χ4v) is 8.80. The molecule has 0 aliphatic heterocycles. The maximum atomic E-state index is 12.2. The molecule has 0 aliphatic rings. The zero-order valence-electron chi connectivity index (χ0n) is 42.2. The smallest absolute Gasteiger partial charge is 0.306 e. The number of carbonyl (C=O) groups is 2. The van der Waals surface area contributed by atoms with Crippen LogP contribution in [0.4, 0.5) is 0 Å². The van der Waals surface area contributed by atoms with Gasteiger partial charge in [0.25, 0.3) is 0 Å². The van der Waals surface area contributed by atoms with Crippen molar-refractivity contribution in [3.63, 3.8) is 0 Å². The van der Waals surface area contributed by atoms with Gasteiger partial charge in [-0.25, -0.2) is 0 Å². The molecule has 1 unspecified atom stereocenters. The molecule has 0 heterocycles. The first kappa shape index (κ1) is 60.6. The highest BCUT2D eigenvalue weighted by molar-refractivity contribution is 5.70. The Bertz CT molecular complexity index is 902. The molecule has 62 heavy (non-hydrogen) atoms. The minimum Gasteiger partial charge on any atom is -0.462 e. The van der Waals surface area contributed by atoms with Crippen LogP contribution >= 0.6 is 0 Å². The van der Waals surface area contributed by atoms with Crippen molar-refractivity contribution in [2.24, 2.45) is 0 Å². The number of aliphatic hydroxyl groups excluding tert-OH is 1. The zero-order valence-corrected chi connectivity index (χ0v) is 42.2. The van der Waals surface area contributed by atoms with Crippen LogP contribution in [0.3, 0.4) is 0 Å². The summed E-state index contributed by atoms with van der Waals surface area (Å²) < 4.78 is 10.6. The molecule has 0 saturated heterocycles. The van der Waals surface area contributed by atoms with Gasteiger partial charge in [-0.2, -0.15) is 0 Å². The average molecular weight is 876 g/mol. The molecule has 0 rings (SSSR count). The second-order valence-electron chi connectivity index (χ2n) is 19.4. The van der Waals surface area contributed by atoms with Crippen molar-refractivity contribution in [3.05, 3.63) is 12.2 Å². The third-order valence-corrected chi connectivity index (χ3v) is 13.0. The van der Waals surface area contributed by atoms with Gasteiger partial charge in [0.15, 0.2) is 6.10 Å². The molecule has 5 heteroatoms. The van der Waals surface area contributed by atoms with E-state index in [9.17, 15) is 14.7 Å². The number of carbonyl (C=O) groups excluding carboxylic acids is 2. The highest BCUT2D eigenvalue weighted by atomic mass is 16.6. The van der Waals surface area contributed by atoms with Gasteiger partial charge >= 0.3 is 11.9 Å². The Labute approximate surface area is 388 Å². The molecule has 0 amide bonds. The maximum Gasteiger partial charge on any atom is 0.306 e. The highest BCUT2D eigenvalue weighted by Crippen LogP contribution is 2.18. The summed E-state index contributed by atoms with van der Waals surface area (Å²) in [4.78, 5) is 24.3. The predicted octanol–water partition coefficient (Wildman–Crippen LogP) is 18.8. The van der Waals surface area contributed by atoms with Gasteiger partial charge in [0.1, 0.15) is 6.61 Å². The summed E-state index contributed by atoms with van der Waals surface area (Å²) in [7, 11) is 0. The van der Waals surface area contributed by atoms with Gasteiger partial charge in [-0.1, -0.05) is 289 Å². The minimum absolute atomic E-state index is 0.0631. The van der Waals surface area contributed by atoms with E-state index in [-0.39, 0.29) is 25.2 Å². The molecular formula is C57H110O5. The number of ether oxygens (including phenoxy) is 2. The summed E-state index contributed by atoms with van der Waals surface area (Å²) in [6.07, 6.45) is 66.6. The second kappa shape index (κ2) is 54.0. The van der Waals surface area contributed by atoms with Crippen molar-refractivity contribution in [1.82, 2.24) is 0 Å². The fourth-order valence-electron chi connectivity index (χ4n) is 8.80. The molecular weight excluding hydrogens is 765 g/mol. The molecule has 0 aromatic rings. The van der Waals surface area contributed by atoms with E-state index in [0.717, 1.165) is 44.9 Å². The van der Waals surface area contributed by atoms with Gasteiger partial charge in [0.05, 0.1) is 6.61 Å². The van der Waals surface area contributed by atoms with Gasteiger partial charge in [0.2, 0.25) is 0 Å². The van der Waals surface area contributed by atoms with E-state index >= 15 is 0 Å². The lowest BCUT2D eigenvalue weighted by Crippen LogP contribution is -2.28. The van der Waals surface area contributed by atoms with Crippen LogP contribution < -0.4 is 0 Å². The Morgan fingerprint density at radius 1 is 0.355 bits per heavy atom. The van der Waals surface area contributed by atoms with E-state index in [2.05, 4.69) is 26.0 Å². The molecule has 0 aromatic heterocycles. The van der Waals surface area contributed by atoms with Crippen molar-refractivity contribution >= 4 is 11.9 Å². The molecule has 0 bridgehead atoms. The summed E-state index contributed by atoms with van der Waals surface area (Å²) in [6.45, 7) is 4.11. The predicted molar refractivity (Wildman–Crippen MR) is 270 cm³/mol. The molecule has 0 spiro atoms. The number of esters is 2. The Kier molecular flexibility index (Phi) is 52.8. The Balaban J connectivity index is 3.30. The van der Waals surface area contributed by atoms with E-state index in [4.69, 9.17) is 9.47 Å². The van der Waals surface area contributed by atoms with Gasteiger partial charge < -0.3 is 14.6 Å². The molecule has 0 fully saturated rings. The number of unbranched alkanes of at least 4 members (excludes halogenated alkanes) is 43. The standard InChI is InChI=1S/C57H110O5/c1-3-5-7-9-11-13-15-16-17-18-19-20-21-22-23-24-25-26-27-28-29-30-31-32-33-34-35-36-37-38-39-40-41-42-44-45-47-49-51-56(59)61-54-55(53-58)62-57(60)52-50-48-46-43-14-12-10-8-6-4-2/h8,10,55,58H,3-7,9,11-54H2,1-2H3/b10-8-. The first-order valence-corrected chi connectivity index (χ1v) is 28.2.